The summed E-state index contributed by atoms with van der Waals surface area (Å²) in [6, 6.07) is 6.25. The van der Waals surface area contributed by atoms with Gasteiger partial charge in [0.1, 0.15) is 0 Å². The van der Waals surface area contributed by atoms with E-state index in [1.807, 2.05) is 0 Å². The lowest BCUT2D eigenvalue weighted by Gasteiger charge is -2.09. The van der Waals surface area contributed by atoms with Crippen LogP contribution in [0.1, 0.15) is 19.8 Å². The fourth-order valence-electron chi connectivity index (χ4n) is 1.51. The van der Waals surface area contributed by atoms with E-state index < -0.39 is 16.0 Å². The van der Waals surface area contributed by atoms with Gasteiger partial charge in [-0.25, -0.2) is 8.42 Å². The van der Waals surface area contributed by atoms with Crippen molar-refractivity contribution in [2.75, 3.05) is 15.8 Å². The van der Waals surface area contributed by atoms with E-state index in [2.05, 4.69) is 10.0 Å². The molecular formula is C12H16N2O5S. The Balaban J connectivity index is 2.67. The molecule has 0 saturated heterocycles. The highest BCUT2D eigenvalue weighted by molar-refractivity contribution is 7.92. The third-order valence-corrected chi connectivity index (χ3v) is 3.63. The molecule has 0 fully saturated rings. The lowest BCUT2D eigenvalue weighted by Crippen LogP contribution is -2.17. The van der Waals surface area contributed by atoms with Crippen molar-refractivity contribution < 1.29 is 23.1 Å². The van der Waals surface area contributed by atoms with Gasteiger partial charge in [0, 0.05) is 19.0 Å². The number of carbonyl (C=O) groups excluding carboxylic acids is 1. The van der Waals surface area contributed by atoms with Crippen LogP contribution in [-0.4, -0.2) is 31.2 Å². The van der Waals surface area contributed by atoms with Gasteiger partial charge < -0.3 is 10.4 Å². The zero-order chi connectivity index (χ0) is 15.2. The summed E-state index contributed by atoms with van der Waals surface area (Å²) in [5, 5.41) is 11.0. The second kappa shape index (κ2) is 6.90. The molecule has 1 aromatic rings. The summed E-state index contributed by atoms with van der Waals surface area (Å²) in [4.78, 5) is 21.2. The van der Waals surface area contributed by atoms with E-state index in [4.69, 9.17) is 5.11 Å². The Morgan fingerprint density at radius 3 is 2.50 bits per heavy atom. The average molecular weight is 300 g/mol. The van der Waals surface area contributed by atoms with Crippen LogP contribution in [0, 0.1) is 0 Å². The molecule has 1 amide bonds. The first-order valence-electron chi connectivity index (χ1n) is 5.88. The molecule has 0 aliphatic carbocycles. The molecule has 20 heavy (non-hydrogen) atoms. The highest BCUT2D eigenvalue weighted by atomic mass is 32.2. The van der Waals surface area contributed by atoms with Crippen molar-refractivity contribution in [1.29, 1.82) is 0 Å². The number of carboxylic acids is 1. The number of carboxylic acid groups (broad SMARTS) is 1. The van der Waals surface area contributed by atoms with Gasteiger partial charge in [0.15, 0.2) is 0 Å². The van der Waals surface area contributed by atoms with Crippen molar-refractivity contribution in [3.63, 3.8) is 0 Å². The molecular weight excluding hydrogens is 284 g/mol. The standard InChI is InChI=1S/C12H16N2O5S/c1-9(15)13-10-4-2-5-11(8-10)14-20(18,19)7-3-6-12(16)17/h2,4-5,8,14H,3,6-7H2,1H3,(H,13,15)(H,16,17). The molecule has 3 N–H and O–H groups in total. The number of amides is 1. The zero-order valence-electron chi connectivity index (χ0n) is 10.9. The van der Waals surface area contributed by atoms with Gasteiger partial charge in [-0.2, -0.15) is 0 Å². The van der Waals surface area contributed by atoms with Crippen molar-refractivity contribution in [3.05, 3.63) is 24.3 Å². The van der Waals surface area contributed by atoms with E-state index in [1.165, 1.54) is 13.0 Å². The number of nitrogens with one attached hydrogen (secondary N) is 2. The molecule has 0 spiro atoms. The largest absolute Gasteiger partial charge is 0.481 e. The maximum absolute atomic E-state index is 11.7. The predicted octanol–water partition coefficient (Wildman–Crippen LogP) is 1.25. The molecule has 0 bridgehead atoms. The van der Waals surface area contributed by atoms with Crippen molar-refractivity contribution in [2.45, 2.75) is 19.8 Å². The molecule has 0 saturated carbocycles. The van der Waals surface area contributed by atoms with Gasteiger partial charge in [0.2, 0.25) is 15.9 Å². The lowest BCUT2D eigenvalue weighted by atomic mass is 10.3. The molecule has 0 atom stereocenters. The third kappa shape index (κ3) is 6.19. The first kappa shape index (κ1) is 16.0. The number of hydrogen-bond donors (Lipinski definition) is 3. The molecule has 0 aliphatic rings. The highest BCUT2D eigenvalue weighted by Crippen LogP contribution is 2.16. The van der Waals surface area contributed by atoms with E-state index >= 15 is 0 Å². The molecule has 7 nitrogen and oxygen atoms in total. The smallest absolute Gasteiger partial charge is 0.303 e. The molecule has 1 aromatic carbocycles. The molecule has 8 heteroatoms. The summed E-state index contributed by atoms with van der Waals surface area (Å²) >= 11 is 0. The van der Waals surface area contributed by atoms with Gasteiger partial charge in [-0.3, -0.25) is 14.3 Å². The minimum atomic E-state index is -3.60. The molecule has 1 rings (SSSR count). The van der Waals surface area contributed by atoms with Crippen LogP contribution < -0.4 is 10.0 Å². The minimum Gasteiger partial charge on any atom is -0.481 e. The second-order valence-electron chi connectivity index (χ2n) is 4.18. The van der Waals surface area contributed by atoms with Gasteiger partial charge in [0.25, 0.3) is 0 Å². The number of hydrogen-bond acceptors (Lipinski definition) is 4. The first-order valence-corrected chi connectivity index (χ1v) is 7.54. The minimum absolute atomic E-state index is 0.0378. The summed E-state index contributed by atoms with van der Waals surface area (Å²) in [7, 11) is -3.60. The number of rotatable bonds is 7. The Morgan fingerprint density at radius 1 is 1.25 bits per heavy atom. The lowest BCUT2D eigenvalue weighted by molar-refractivity contribution is -0.137. The summed E-state index contributed by atoms with van der Waals surface area (Å²) in [6.07, 6.45) is -0.164. The molecule has 0 aromatic heterocycles. The van der Waals surface area contributed by atoms with Crippen LogP contribution >= 0.6 is 0 Å². The van der Waals surface area contributed by atoms with Crippen molar-refractivity contribution in [2.24, 2.45) is 0 Å². The second-order valence-corrected chi connectivity index (χ2v) is 6.02. The van der Waals surface area contributed by atoms with Crippen molar-refractivity contribution in [1.82, 2.24) is 0 Å². The third-order valence-electron chi connectivity index (χ3n) is 2.26. The predicted molar refractivity (Wildman–Crippen MR) is 75.0 cm³/mol. The van der Waals surface area contributed by atoms with E-state index in [1.54, 1.807) is 18.2 Å². The van der Waals surface area contributed by atoms with Gasteiger partial charge in [-0.1, -0.05) is 6.07 Å². The Morgan fingerprint density at radius 2 is 1.90 bits per heavy atom. The van der Waals surface area contributed by atoms with Crippen LogP contribution in [0.4, 0.5) is 11.4 Å². The Bertz CT molecular complexity index is 598. The molecule has 110 valence electrons. The SMILES string of the molecule is CC(=O)Nc1cccc(NS(=O)(=O)CCCC(=O)O)c1. The summed E-state index contributed by atoms with van der Waals surface area (Å²) < 4.78 is 25.8. The Labute approximate surface area is 117 Å². The average Bonchev–Trinajstić information content (AvgIpc) is 2.26. The van der Waals surface area contributed by atoms with Crippen LogP contribution in [0.5, 0.6) is 0 Å². The van der Waals surface area contributed by atoms with Gasteiger partial charge >= 0.3 is 5.97 Å². The quantitative estimate of drug-likeness (QED) is 0.701. The van der Waals surface area contributed by atoms with Crippen LogP contribution in [0.25, 0.3) is 0 Å². The van der Waals surface area contributed by atoms with Gasteiger partial charge in [0.05, 0.1) is 11.4 Å². The van der Waals surface area contributed by atoms with Crippen LogP contribution in [0.3, 0.4) is 0 Å². The van der Waals surface area contributed by atoms with E-state index in [9.17, 15) is 18.0 Å². The summed E-state index contributed by atoms with van der Waals surface area (Å²) in [6.45, 7) is 1.35. The topological polar surface area (TPSA) is 113 Å². The van der Waals surface area contributed by atoms with Gasteiger partial charge in [-0.05, 0) is 24.6 Å². The monoisotopic (exact) mass is 300 g/mol. The van der Waals surface area contributed by atoms with E-state index in [0.717, 1.165) is 0 Å². The highest BCUT2D eigenvalue weighted by Gasteiger charge is 2.11. The van der Waals surface area contributed by atoms with Crippen LogP contribution in [0.2, 0.25) is 0 Å². The Hall–Kier alpha value is -2.09. The number of carbonyl (C=O) groups is 2. The van der Waals surface area contributed by atoms with Crippen LogP contribution in [0.15, 0.2) is 24.3 Å². The Kier molecular flexibility index (Phi) is 5.51. The van der Waals surface area contributed by atoms with Crippen molar-refractivity contribution in [3.8, 4) is 0 Å². The maximum atomic E-state index is 11.7. The number of benzene rings is 1. The van der Waals surface area contributed by atoms with Gasteiger partial charge in [-0.15, -0.1) is 0 Å². The van der Waals surface area contributed by atoms with E-state index in [0.29, 0.717) is 11.4 Å². The molecule has 0 unspecified atom stereocenters. The summed E-state index contributed by atoms with van der Waals surface area (Å²) in [5.74, 6) is -1.57. The normalized spacial score (nSPS) is 10.8. The number of sulfonamides is 1. The molecule has 0 radical (unpaired) electrons. The zero-order valence-corrected chi connectivity index (χ0v) is 11.7. The van der Waals surface area contributed by atoms with Crippen molar-refractivity contribution >= 4 is 33.3 Å². The fraction of sp³-hybridized carbons (Fsp3) is 0.333. The maximum Gasteiger partial charge on any atom is 0.303 e. The molecule has 0 aliphatic heterocycles. The van der Waals surface area contributed by atoms with E-state index in [-0.39, 0.29) is 24.5 Å². The number of aliphatic carboxylic acids is 1. The fourth-order valence-corrected chi connectivity index (χ4v) is 2.62. The van der Waals surface area contributed by atoms with Crippen LogP contribution in [-0.2, 0) is 19.6 Å². The summed E-state index contributed by atoms with van der Waals surface area (Å²) in [5.41, 5.74) is 0.787. The number of anilines is 2. The first-order chi connectivity index (χ1) is 9.28. The molecule has 0 heterocycles.